The molecule has 3 N–H and O–H groups in total. The van der Waals surface area contributed by atoms with E-state index in [1.54, 1.807) is 23.3 Å². The molecule has 3 aromatic heterocycles. The van der Waals surface area contributed by atoms with Gasteiger partial charge in [0.05, 0.1) is 17.3 Å². The second kappa shape index (κ2) is 4.40. The highest BCUT2D eigenvalue weighted by molar-refractivity contribution is 6.07. The van der Waals surface area contributed by atoms with Crippen molar-refractivity contribution in [2.24, 2.45) is 7.05 Å². The molecule has 3 aromatic rings. The molecule has 1 aliphatic heterocycles. The predicted molar refractivity (Wildman–Crippen MR) is 85.6 cm³/mol. The first kappa shape index (κ1) is 13.2. The van der Waals surface area contributed by atoms with Gasteiger partial charge in [-0.3, -0.25) is 14.6 Å². The minimum atomic E-state index is -0.371. The van der Waals surface area contributed by atoms with Crippen LogP contribution in [0.1, 0.15) is 18.4 Å². The molecule has 1 amide bonds. The van der Waals surface area contributed by atoms with Crippen LogP contribution in [0.4, 0.5) is 17.5 Å². The highest BCUT2D eigenvalue weighted by Crippen LogP contribution is 2.54. The summed E-state index contributed by atoms with van der Waals surface area (Å²) >= 11 is 0. The van der Waals surface area contributed by atoms with E-state index in [9.17, 15) is 4.79 Å². The van der Waals surface area contributed by atoms with Gasteiger partial charge in [-0.2, -0.15) is 15.2 Å². The highest BCUT2D eigenvalue weighted by Gasteiger charge is 2.57. The van der Waals surface area contributed by atoms with Crippen LogP contribution in [0, 0.1) is 0 Å². The summed E-state index contributed by atoms with van der Waals surface area (Å²) in [5.41, 5.74) is 2.89. The van der Waals surface area contributed by atoms with E-state index in [1.165, 1.54) is 0 Å². The molecule has 1 saturated carbocycles. The molecule has 0 radical (unpaired) electrons. The number of nitrogens with one attached hydrogen (secondary N) is 3. The van der Waals surface area contributed by atoms with E-state index in [-0.39, 0.29) is 11.3 Å². The minimum absolute atomic E-state index is 0.0308. The van der Waals surface area contributed by atoms with E-state index in [0.29, 0.717) is 11.8 Å². The Kier molecular flexibility index (Phi) is 2.43. The summed E-state index contributed by atoms with van der Waals surface area (Å²) in [5, 5.41) is 17.2. The molecule has 0 unspecified atom stereocenters. The Morgan fingerprint density at radius 2 is 2.21 bits per heavy atom. The van der Waals surface area contributed by atoms with Crippen LogP contribution in [0.5, 0.6) is 0 Å². The van der Waals surface area contributed by atoms with Crippen molar-refractivity contribution in [1.29, 1.82) is 0 Å². The van der Waals surface area contributed by atoms with Crippen molar-refractivity contribution >= 4 is 23.4 Å². The largest absolute Gasteiger partial charge is 0.321 e. The first-order valence-electron chi connectivity index (χ1n) is 7.64. The Bertz CT molecular complexity index is 968. The van der Waals surface area contributed by atoms with E-state index in [2.05, 4.69) is 35.9 Å². The number of aromatic nitrogens is 6. The van der Waals surface area contributed by atoms with Gasteiger partial charge in [0.25, 0.3) is 0 Å². The third-order valence-electron chi connectivity index (χ3n) is 4.59. The van der Waals surface area contributed by atoms with Gasteiger partial charge in [-0.15, -0.1) is 0 Å². The second-order valence-electron chi connectivity index (χ2n) is 6.17. The van der Waals surface area contributed by atoms with Crippen molar-refractivity contribution in [1.82, 2.24) is 29.9 Å². The zero-order valence-corrected chi connectivity index (χ0v) is 12.9. The van der Waals surface area contributed by atoms with Gasteiger partial charge in [-0.25, -0.2) is 4.98 Å². The van der Waals surface area contributed by atoms with Gasteiger partial charge in [-0.1, -0.05) is 0 Å². The van der Waals surface area contributed by atoms with Crippen LogP contribution in [0.2, 0.25) is 0 Å². The number of amides is 1. The second-order valence-corrected chi connectivity index (χ2v) is 6.17. The molecule has 5 rings (SSSR count). The van der Waals surface area contributed by atoms with Crippen LogP contribution in [0.3, 0.4) is 0 Å². The number of aryl methyl sites for hydroxylation is 1. The minimum Gasteiger partial charge on any atom is -0.321 e. The lowest BCUT2D eigenvalue weighted by molar-refractivity contribution is -0.117. The number of aromatic amines is 1. The number of H-pyrrole nitrogens is 1. The molecule has 0 aromatic carbocycles. The number of nitrogens with zero attached hydrogens (tertiary/aromatic N) is 5. The first-order chi connectivity index (χ1) is 11.7. The van der Waals surface area contributed by atoms with Gasteiger partial charge < -0.3 is 10.6 Å². The smallest absolute Gasteiger partial charge is 0.236 e. The van der Waals surface area contributed by atoms with E-state index < -0.39 is 0 Å². The highest BCUT2D eigenvalue weighted by atomic mass is 16.2. The topological polar surface area (TPSA) is 113 Å². The van der Waals surface area contributed by atoms with Crippen molar-refractivity contribution in [2.75, 3.05) is 10.6 Å². The Morgan fingerprint density at radius 1 is 1.33 bits per heavy atom. The Labute approximate surface area is 136 Å². The van der Waals surface area contributed by atoms with Crippen LogP contribution in [0.25, 0.3) is 11.3 Å². The summed E-state index contributed by atoms with van der Waals surface area (Å²) in [6, 6.07) is 0. The molecule has 1 spiro atoms. The quantitative estimate of drug-likeness (QED) is 0.670. The number of hydrogen-bond acceptors (Lipinski definition) is 6. The molecule has 0 saturated heterocycles. The number of carbonyl (C=O) groups is 1. The van der Waals surface area contributed by atoms with Gasteiger partial charge in [0, 0.05) is 36.8 Å². The van der Waals surface area contributed by atoms with Crippen molar-refractivity contribution in [3.05, 3.63) is 30.4 Å². The van der Waals surface area contributed by atoms with Crippen molar-refractivity contribution in [3.8, 4) is 11.3 Å². The number of fused-ring (bicyclic) bond motifs is 2. The van der Waals surface area contributed by atoms with Gasteiger partial charge in [0.15, 0.2) is 0 Å². The molecular weight excluding hydrogens is 308 g/mol. The Hall–Kier alpha value is -3.23. The fraction of sp³-hybridized carbons (Fsp3) is 0.267. The van der Waals surface area contributed by atoms with Crippen LogP contribution in [-0.2, 0) is 17.3 Å². The lowest BCUT2D eigenvalue weighted by Gasteiger charge is -2.06. The normalized spacial score (nSPS) is 17.0. The Balaban J connectivity index is 1.47. The lowest BCUT2D eigenvalue weighted by Crippen LogP contribution is -2.18. The molecule has 9 heteroatoms. The van der Waals surface area contributed by atoms with Crippen LogP contribution < -0.4 is 10.6 Å². The van der Waals surface area contributed by atoms with Gasteiger partial charge in [0.2, 0.25) is 11.9 Å². The molecule has 2 aliphatic rings. The van der Waals surface area contributed by atoms with Crippen molar-refractivity contribution < 1.29 is 4.79 Å². The van der Waals surface area contributed by atoms with Gasteiger partial charge in [-0.05, 0) is 12.8 Å². The van der Waals surface area contributed by atoms with E-state index >= 15 is 0 Å². The summed E-state index contributed by atoms with van der Waals surface area (Å²) in [6.07, 6.45) is 8.83. The fourth-order valence-electron chi connectivity index (χ4n) is 3.13. The molecule has 120 valence electrons. The molecular formula is C15H14N8O. The maximum absolute atomic E-state index is 12.1. The monoisotopic (exact) mass is 322 g/mol. The zero-order chi connectivity index (χ0) is 16.3. The summed E-state index contributed by atoms with van der Waals surface area (Å²) in [6.45, 7) is 0. The molecule has 1 fully saturated rings. The van der Waals surface area contributed by atoms with Gasteiger partial charge >= 0.3 is 0 Å². The molecule has 4 heterocycles. The number of carbonyl (C=O) groups excluding carboxylic acids is 1. The summed E-state index contributed by atoms with van der Waals surface area (Å²) in [5.74, 6) is 1.04. The van der Waals surface area contributed by atoms with Crippen LogP contribution in [0.15, 0.2) is 24.8 Å². The summed E-state index contributed by atoms with van der Waals surface area (Å²) in [4.78, 5) is 20.9. The molecule has 0 atom stereocenters. The molecule has 1 aliphatic carbocycles. The number of anilines is 3. The molecule has 24 heavy (non-hydrogen) atoms. The van der Waals surface area contributed by atoms with E-state index in [1.807, 2.05) is 13.2 Å². The average Bonchev–Trinajstić information content (AvgIpc) is 2.90. The lowest BCUT2D eigenvalue weighted by atomic mass is 10.0. The predicted octanol–water partition coefficient (Wildman–Crippen LogP) is 1.33. The number of rotatable bonds is 3. The maximum Gasteiger partial charge on any atom is 0.236 e. The number of hydrogen-bond donors (Lipinski definition) is 3. The van der Waals surface area contributed by atoms with E-state index in [4.69, 9.17) is 0 Å². The Morgan fingerprint density at radius 3 is 2.96 bits per heavy atom. The molecule has 9 nitrogen and oxygen atoms in total. The van der Waals surface area contributed by atoms with Crippen LogP contribution in [-0.4, -0.2) is 35.9 Å². The zero-order valence-electron chi connectivity index (χ0n) is 12.9. The summed E-state index contributed by atoms with van der Waals surface area (Å²) < 4.78 is 1.71. The third kappa shape index (κ3) is 1.78. The van der Waals surface area contributed by atoms with Crippen LogP contribution >= 0.6 is 0 Å². The SMILES string of the molecule is Cn1cc(-c2n[nH]cc2Nc2ncc3c(n2)NC(=O)C32CC2)cn1. The maximum atomic E-state index is 12.1. The summed E-state index contributed by atoms with van der Waals surface area (Å²) in [7, 11) is 1.85. The third-order valence-corrected chi connectivity index (χ3v) is 4.59. The van der Waals surface area contributed by atoms with Gasteiger partial charge in [0.1, 0.15) is 11.5 Å². The average molecular weight is 322 g/mol. The fourth-order valence-corrected chi connectivity index (χ4v) is 3.13. The van der Waals surface area contributed by atoms with Crippen molar-refractivity contribution in [3.63, 3.8) is 0 Å². The first-order valence-corrected chi connectivity index (χ1v) is 7.64. The standard InChI is InChI=1S/C15H14N8O/c1-23-7-8(4-18-23)11-10(6-17-22-11)19-14-16-5-9-12(21-14)20-13(24)15(9)2-3-15/h4-7H,2-3H2,1H3,(H,17,22)(H2,16,19,20,21,24). The molecule has 0 bridgehead atoms. The van der Waals surface area contributed by atoms with Crippen molar-refractivity contribution in [2.45, 2.75) is 18.3 Å². The van der Waals surface area contributed by atoms with E-state index in [0.717, 1.165) is 35.3 Å².